The highest BCUT2D eigenvalue weighted by atomic mass is 127. The van der Waals surface area contributed by atoms with Crippen molar-refractivity contribution < 1.29 is 0 Å². The Hall–Kier alpha value is -1.84. The molecule has 1 saturated heterocycles. The van der Waals surface area contributed by atoms with Crippen molar-refractivity contribution in [3.05, 3.63) is 41.3 Å². The monoisotopic (exact) mass is 525 g/mol. The van der Waals surface area contributed by atoms with Gasteiger partial charge in [-0.05, 0) is 70.2 Å². The summed E-state index contributed by atoms with van der Waals surface area (Å²) >= 11 is 0. The molecule has 0 radical (unpaired) electrons. The smallest absolute Gasteiger partial charge is 0.191 e. The molecule has 0 aliphatic carbocycles. The van der Waals surface area contributed by atoms with Crippen LogP contribution < -0.4 is 15.5 Å². The lowest BCUT2D eigenvalue weighted by molar-refractivity contribution is 0.555. The minimum atomic E-state index is 0. The third-order valence-electron chi connectivity index (χ3n) is 5.20. The summed E-state index contributed by atoms with van der Waals surface area (Å²) in [6.45, 7) is 11.7. The van der Waals surface area contributed by atoms with E-state index >= 15 is 0 Å². The maximum atomic E-state index is 4.76. The molecule has 0 atom stereocenters. The molecule has 7 nitrogen and oxygen atoms in total. The molecule has 1 aliphatic rings. The van der Waals surface area contributed by atoms with Crippen molar-refractivity contribution >= 4 is 35.8 Å². The van der Waals surface area contributed by atoms with Crippen molar-refractivity contribution in [2.24, 2.45) is 4.99 Å². The number of guanidine groups is 1. The van der Waals surface area contributed by atoms with E-state index in [1.807, 2.05) is 13.1 Å². The fraction of sp³-hybridized carbons (Fsp3) is 0.591. The fourth-order valence-corrected chi connectivity index (χ4v) is 3.70. The van der Waals surface area contributed by atoms with Crippen molar-refractivity contribution in [1.29, 1.82) is 0 Å². The third kappa shape index (κ3) is 7.45. The maximum absolute atomic E-state index is 4.76. The second-order valence-corrected chi connectivity index (χ2v) is 7.70. The molecule has 1 fully saturated rings. The Morgan fingerprint density at radius 2 is 1.93 bits per heavy atom. The van der Waals surface area contributed by atoms with Gasteiger partial charge in [0.2, 0.25) is 0 Å². The van der Waals surface area contributed by atoms with E-state index in [1.165, 1.54) is 30.5 Å². The number of nitrogens with zero attached hydrogens (tertiary/aromatic N) is 5. The van der Waals surface area contributed by atoms with Gasteiger partial charge in [0, 0.05) is 44.6 Å². The van der Waals surface area contributed by atoms with Crippen LogP contribution in [0.1, 0.15) is 49.6 Å². The van der Waals surface area contributed by atoms with Crippen LogP contribution in [0, 0.1) is 13.8 Å². The SMILES string of the molecule is CCNC(=NCc1ccnc(N2CCCCC2)c1)NCCCn1nc(C)cc1C.I. The van der Waals surface area contributed by atoms with E-state index in [0.717, 1.165) is 56.6 Å². The molecular formula is C22H36IN7. The van der Waals surface area contributed by atoms with Crippen LogP contribution in [0.25, 0.3) is 0 Å². The highest BCUT2D eigenvalue weighted by molar-refractivity contribution is 14.0. The molecule has 2 aromatic heterocycles. The van der Waals surface area contributed by atoms with E-state index in [1.54, 1.807) is 0 Å². The van der Waals surface area contributed by atoms with Gasteiger partial charge >= 0.3 is 0 Å². The largest absolute Gasteiger partial charge is 0.357 e. The van der Waals surface area contributed by atoms with E-state index < -0.39 is 0 Å². The molecule has 166 valence electrons. The minimum Gasteiger partial charge on any atom is -0.357 e. The normalized spacial score (nSPS) is 14.4. The lowest BCUT2D eigenvalue weighted by Crippen LogP contribution is -2.38. The van der Waals surface area contributed by atoms with Crippen LogP contribution in [0.5, 0.6) is 0 Å². The second-order valence-electron chi connectivity index (χ2n) is 7.70. The average Bonchev–Trinajstić information content (AvgIpc) is 3.07. The van der Waals surface area contributed by atoms with Crippen LogP contribution in [0.2, 0.25) is 0 Å². The van der Waals surface area contributed by atoms with E-state index in [4.69, 9.17) is 4.99 Å². The molecule has 0 bridgehead atoms. The first-order valence-corrected chi connectivity index (χ1v) is 10.9. The molecule has 0 aromatic carbocycles. The number of aliphatic imine (C=N–C) groups is 1. The first-order valence-electron chi connectivity index (χ1n) is 10.9. The van der Waals surface area contributed by atoms with Crippen molar-refractivity contribution in [3.8, 4) is 0 Å². The van der Waals surface area contributed by atoms with Gasteiger partial charge in [0.05, 0.1) is 12.2 Å². The summed E-state index contributed by atoms with van der Waals surface area (Å²) in [6.07, 6.45) is 6.76. The standard InChI is InChI=1S/C22H35N7.HI/c1-4-23-22(25-10-8-14-29-19(3)15-18(2)27-29)26-17-20-9-11-24-21(16-20)28-12-6-5-7-13-28;/h9,11,15-16H,4-8,10,12-14,17H2,1-3H3,(H2,23,25,26);1H. The van der Waals surface area contributed by atoms with Crippen LogP contribution in [-0.2, 0) is 13.1 Å². The van der Waals surface area contributed by atoms with Gasteiger partial charge < -0.3 is 15.5 Å². The van der Waals surface area contributed by atoms with Crippen LogP contribution in [0.3, 0.4) is 0 Å². The molecule has 0 unspecified atom stereocenters. The van der Waals surface area contributed by atoms with Crippen LogP contribution in [-0.4, -0.2) is 46.9 Å². The number of anilines is 1. The quantitative estimate of drug-likeness (QED) is 0.238. The summed E-state index contributed by atoms with van der Waals surface area (Å²) in [5, 5.41) is 11.3. The van der Waals surface area contributed by atoms with E-state index in [2.05, 4.69) is 62.3 Å². The highest BCUT2D eigenvalue weighted by Gasteiger charge is 2.12. The Bertz CT molecular complexity index is 797. The Balaban J connectivity index is 0.00000320. The number of nitrogens with one attached hydrogen (secondary N) is 2. The van der Waals surface area contributed by atoms with Gasteiger partial charge in [0.1, 0.15) is 5.82 Å². The first-order chi connectivity index (χ1) is 14.2. The number of piperidine rings is 1. The highest BCUT2D eigenvalue weighted by Crippen LogP contribution is 2.18. The molecule has 0 saturated carbocycles. The number of rotatable bonds is 8. The predicted octanol–water partition coefficient (Wildman–Crippen LogP) is 3.65. The predicted molar refractivity (Wildman–Crippen MR) is 135 cm³/mol. The summed E-state index contributed by atoms with van der Waals surface area (Å²) in [4.78, 5) is 11.7. The minimum absolute atomic E-state index is 0. The lowest BCUT2D eigenvalue weighted by atomic mass is 10.1. The van der Waals surface area contributed by atoms with Gasteiger partial charge in [-0.1, -0.05) is 0 Å². The summed E-state index contributed by atoms with van der Waals surface area (Å²) in [5.74, 6) is 1.94. The van der Waals surface area contributed by atoms with Gasteiger partial charge in [-0.2, -0.15) is 5.10 Å². The topological polar surface area (TPSA) is 70.4 Å². The summed E-state index contributed by atoms with van der Waals surface area (Å²) in [7, 11) is 0. The Labute approximate surface area is 197 Å². The number of pyridine rings is 1. The van der Waals surface area contributed by atoms with Gasteiger partial charge in [-0.3, -0.25) is 4.68 Å². The summed E-state index contributed by atoms with van der Waals surface area (Å²) in [5.41, 5.74) is 3.48. The van der Waals surface area contributed by atoms with Crippen LogP contribution >= 0.6 is 24.0 Å². The van der Waals surface area contributed by atoms with Crippen molar-refractivity contribution in [3.63, 3.8) is 0 Å². The van der Waals surface area contributed by atoms with E-state index in [-0.39, 0.29) is 24.0 Å². The molecule has 3 rings (SSSR count). The Morgan fingerprint density at radius 1 is 1.13 bits per heavy atom. The van der Waals surface area contributed by atoms with Gasteiger partial charge in [0.15, 0.2) is 5.96 Å². The number of aromatic nitrogens is 3. The Morgan fingerprint density at radius 3 is 2.63 bits per heavy atom. The van der Waals surface area contributed by atoms with Crippen LogP contribution in [0.15, 0.2) is 29.4 Å². The van der Waals surface area contributed by atoms with E-state index in [0.29, 0.717) is 6.54 Å². The van der Waals surface area contributed by atoms with Crippen molar-refractivity contribution in [1.82, 2.24) is 25.4 Å². The summed E-state index contributed by atoms with van der Waals surface area (Å²) in [6, 6.07) is 6.36. The Kier molecular flexibility index (Phi) is 10.4. The molecule has 30 heavy (non-hydrogen) atoms. The number of aryl methyl sites for hydroxylation is 3. The number of hydrogen-bond acceptors (Lipinski definition) is 4. The lowest BCUT2D eigenvalue weighted by Gasteiger charge is -2.27. The zero-order chi connectivity index (χ0) is 20.5. The molecule has 2 N–H and O–H groups in total. The first kappa shape index (κ1) is 24.4. The molecular weight excluding hydrogens is 489 g/mol. The zero-order valence-electron chi connectivity index (χ0n) is 18.5. The van der Waals surface area contributed by atoms with Gasteiger partial charge in [-0.25, -0.2) is 9.98 Å². The number of halogens is 1. The van der Waals surface area contributed by atoms with Crippen molar-refractivity contribution in [2.75, 3.05) is 31.1 Å². The average molecular weight is 525 g/mol. The number of hydrogen-bond donors (Lipinski definition) is 2. The molecule has 1 aliphatic heterocycles. The van der Waals surface area contributed by atoms with Gasteiger partial charge in [0.25, 0.3) is 0 Å². The molecule has 0 amide bonds. The maximum Gasteiger partial charge on any atom is 0.191 e. The molecule has 8 heteroatoms. The third-order valence-corrected chi connectivity index (χ3v) is 5.20. The molecule has 0 spiro atoms. The fourth-order valence-electron chi connectivity index (χ4n) is 3.70. The van der Waals surface area contributed by atoms with Crippen LogP contribution in [0.4, 0.5) is 5.82 Å². The second kappa shape index (κ2) is 12.8. The van der Waals surface area contributed by atoms with Crippen molar-refractivity contribution in [2.45, 2.75) is 59.5 Å². The van der Waals surface area contributed by atoms with E-state index in [9.17, 15) is 0 Å². The summed E-state index contributed by atoms with van der Waals surface area (Å²) < 4.78 is 2.07. The van der Waals surface area contributed by atoms with Gasteiger partial charge in [-0.15, -0.1) is 24.0 Å². The zero-order valence-corrected chi connectivity index (χ0v) is 20.9. The molecule has 3 heterocycles. The molecule has 2 aromatic rings.